The van der Waals surface area contributed by atoms with Gasteiger partial charge in [-0.2, -0.15) is 0 Å². The number of rotatable bonds is 6. The van der Waals surface area contributed by atoms with E-state index in [2.05, 4.69) is 24.4 Å². The van der Waals surface area contributed by atoms with Crippen molar-refractivity contribution in [1.29, 1.82) is 0 Å². The summed E-state index contributed by atoms with van der Waals surface area (Å²) in [5.74, 6) is 0.815. The van der Waals surface area contributed by atoms with Crippen LogP contribution in [0.15, 0.2) is 54.6 Å². The van der Waals surface area contributed by atoms with Crippen molar-refractivity contribution >= 4 is 11.7 Å². The molecule has 0 aliphatic rings. The van der Waals surface area contributed by atoms with Crippen LogP contribution in [0.3, 0.4) is 0 Å². The van der Waals surface area contributed by atoms with Crippen molar-refractivity contribution in [1.82, 2.24) is 4.90 Å². The summed E-state index contributed by atoms with van der Waals surface area (Å²) >= 11 is 0. The van der Waals surface area contributed by atoms with Crippen LogP contribution < -0.4 is 10.1 Å². The van der Waals surface area contributed by atoms with Gasteiger partial charge in [-0.25, -0.2) is 4.79 Å². The van der Waals surface area contributed by atoms with E-state index in [0.29, 0.717) is 0 Å². The lowest BCUT2D eigenvalue weighted by Gasteiger charge is -2.18. The second kappa shape index (κ2) is 8.22. The zero-order valence-electron chi connectivity index (χ0n) is 14.0. The van der Waals surface area contributed by atoms with E-state index in [0.717, 1.165) is 24.3 Å². The van der Waals surface area contributed by atoms with Gasteiger partial charge in [-0.1, -0.05) is 37.3 Å². The number of nitrogens with one attached hydrogen (secondary N) is 1. The fraction of sp³-hybridized carbons (Fsp3) is 0.316. The highest BCUT2D eigenvalue weighted by Crippen LogP contribution is 2.19. The number of amides is 2. The van der Waals surface area contributed by atoms with Crippen LogP contribution in [0.25, 0.3) is 0 Å². The van der Waals surface area contributed by atoms with Gasteiger partial charge >= 0.3 is 6.03 Å². The molecule has 2 aromatic carbocycles. The third-order valence-corrected chi connectivity index (χ3v) is 3.58. The number of hydrogen-bond donors (Lipinski definition) is 1. The minimum absolute atomic E-state index is 0.139. The molecule has 0 saturated heterocycles. The number of carbonyl (C=O) groups excluding carboxylic acids is 1. The van der Waals surface area contributed by atoms with Crippen molar-refractivity contribution in [2.75, 3.05) is 19.4 Å². The van der Waals surface area contributed by atoms with Crippen LogP contribution in [0.5, 0.6) is 5.75 Å². The lowest BCUT2D eigenvalue weighted by Crippen LogP contribution is -2.27. The first-order chi connectivity index (χ1) is 11.1. The molecule has 1 unspecified atom stereocenters. The molecule has 0 heterocycles. The van der Waals surface area contributed by atoms with Gasteiger partial charge in [0, 0.05) is 26.2 Å². The maximum Gasteiger partial charge on any atom is 0.321 e. The Bertz CT molecular complexity index is 609. The Morgan fingerprint density at radius 1 is 1.09 bits per heavy atom. The zero-order chi connectivity index (χ0) is 16.7. The molecular weight excluding hydrogens is 288 g/mol. The topological polar surface area (TPSA) is 41.6 Å². The first kappa shape index (κ1) is 16.9. The Labute approximate surface area is 138 Å². The van der Waals surface area contributed by atoms with E-state index in [1.165, 1.54) is 10.5 Å². The number of carbonyl (C=O) groups is 1. The van der Waals surface area contributed by atoms with Crippen molar-refractivity contribution in [2.45, 2.75) is 25.9 Å². The van der Waals surface area contributed by atoms with Crippen LogP contribution in [0, 0.1) is 0 Å². The third-order valence-electron chi connectivity index (χ3n) is 3.58. The van der Waals surface area contributed by atoms with Gasteiger partial charge in [-0.15, -0.1) is 0 Å². The molecule has 0 aliphatic carbocycles. The molecule has 0 aliphatic heterocycles. The Morgan fingerprint density at radius 2 is 1.74 bits per heavy atom. The zero-order valence-corrected chi connectivity index (χ0v) is 14.0. The van der Waals surface area contributed by atoms with Crippen LogP contribution in [-0.2, 0) is 6.42 Å². The number of hydrogen-bond acceptors (Lipinski definition) is 2. The second-order valence-electron chi connectivity index (χ2n) is 5.69. The van der Waals surface area contributed by atoms with Crippen LogP contribution in [0.1, 0.15) is 18.9 Å². The summed E-state index contributed by atoms with van der Waals surface area (Å²) in [7, 11) is 3.42. The number of benzene rings is 2. The minimum Gasteiger partial charge on any atom is -0.490 e. The van der Waals surface area contributed by atoms with Crippen molar-refractivity contribution in [3.63, 3.8) is 0 Å². The van der Waals surface area contributed by atoms with E-state index in [-0.39, 0.29) is 12.1 Å². The normalized spacial score (nSPS) is 11.6. The van der Waals surface area contributed by atoms with Gasteiger partial charge in [0.25, 0.3) is 0 Å². The second-order valence-corrected chi connectivity index (χ2v) is 5.69. The van der Waals surface area contributed by atoms with Gasteiger partial charge in [0.2, 0.25) is 0 Å². The first-order valence-corrected chi connectivity index (χ1v) is 7.87. The van der Waals surface area contributed by atoms with E-state index < -0.39 is 0 Å². The van der Waals surface area contributed by atoms with Gasteiger partial charge in [0.1, 0.15) is 11.9 Å². The Morgan fingerprint density at radius 3 is 2.30 bits per heavy atom. The average Bonchev–Trinajstić information content (AvgIpc) is 2.56. The molecule has 0 bridgehead atoms. The monoisotopic (exact) mass is 312 g/mol. The van der Waals surface area contributed by atoms with Crippen molar-refractivity contribution in [3.05, 3.63) is 60.2 Å². The van der Waals surface area contributed by atoms with Gasteiger partial charge in [0.15, 0.2) is 0 Å². The Hall–Kier alpha value is -2.49. The molecule has 0 saturated carbocycles. The summed E-state index contributed by atoms with van der Waals surface area (Å²) in [5.41, 5.74) is 2.03. The summed E-state index contributed by atoms with van der Waals surface area (Å²) in [5, 5.41) is 2.81. The summed E-state index contributed by atoms with van der Waals surface area (Å²) in [4.78, 5) is 13.1. The standard InChI is InChI=1S/C19H24N2O2/c1-4-17(14-15-8-6-5-7-9-15)23-18-12-10-16(11-13-18)20-19(22)21(2)3/h5-13,17H,4,14H2,1-3H3,(H,20,22). The molecular formula is C19H24N2O2. The molecule has 2 amide bonds. The highest BCUT2D eigenvalue weighted by molar-refractivity contribution is 5.88. The van der Waals surface area contributed by atoms with Crippen molar-refractivity contribution < 1.29 is 9.53 Å². The number of urea groups is 1. The van der Waals surface area contributed by atoms with Gasteiger partial charge in [-0.05, 0) is 36.2 Å². The largest absolute Gasteiger partial charge is 0.490 e. The Kier molecular flexibility index (Phi) is 6.03. The number of anilines is 1. The summed E-state index contributed by atoms with van der Waals surface area (Å²) in [6.07, 6.45) is 1.96. The van der Waals surface area contributed by atoms with Crippen LogP contribution >= 0.6 is 0 Å². The van der Waals surface area contributed by atoms with Crippen LogP contribution in [-0.4, -0.2) is 31.1 Å². The molecule has 4 heteroatoms. The summed E-state index contributed by atoms with van der Waals surface area (Å²) in [6.45, 7) is 2.12. The van der Waals surface area contributed by atoms with Crippen LogP contribution in [0.2, 0.25) is 0 Å². The van der Waals surface area contributed by atoms with Gasteiger partial charge in [-0.3, -0.25) is 0 Å². The molecule has 0 aromatic heterocycles. The molecule has 122 valence electrons. The van der Waals surface area contributed by atoms with Crippen LogP contribution in [0.4, 0.5) is 10.5 Å². The number of nitrogens with zero attached hydrogens (tertiary/aromatic N) is 1. The molecule has 2 aromatic rings. The van der Waals surface area contributed by atoms with E-state index in [1.54, 1.807) is 14.1 Å². The lowest BCUT2D eigenvalue weighted by atomic mass is 10.1. The van der Waals surface area contributed by atoms with E-state index >= 15 is 0 Å². The van der Waals surface area contributed by atoms with E-state index in [4.69, 9.17) is 4.74 Å². The molecule has 1 atom stereocenters. The molecule has 23 heavy (non-hydrogen) atoms. The summed E-state index contributed by atoms with van der Waals surface area (Å²) < 4.78 is 6.05. The maximum absolute atomic E-state index is 11.6. The van der Waals surface area contributed by atoms with Gasteiger partial charge < -0.3 is 15.0 Å². The fourth-order valence-corrected chi connectivity index (χ4v) is 2.19. The average molecular weight is 312 g/mol. The number of ether oxygens (including phenoxy) is 1. The smallest absolute Gasteiger partial charge is 0.321 e. The molecule has 4 nitrogen and oxygen atoms in total. The highest BCUT2D eigenvalue weighted by atomic mass is 16.5. The predicted octanol–water partition coefficient (Wildman–Crippen LogP) is 4.18. The van der Waals surface area contributed by atoms with Crippen molar-refractivity contribution in [2.24, 2.45) is 0 Å². The molecule has 0 fully saturated rings. The fourth-order valence-electron chi connectivity index (χ4n) is 2.19. The molecule has 2 rings (SSSR count). The highest BCUT2D eigenvalue weighted by Gasteiger charge is 2.10. The molecule has 0 spiro atoms. The summed E-state index contributed by atoms with van der Waals surface area (Å²) in [6, 6.07) is 17.7. The Balaban J connectivity index is 1.94. The molecule has 1 N–H and O–H groups in total. The lowest BCUT2D eigenvalue weighted by molar-refractivity contribution is 0.197. The van der Waals surface area contributed by atoms with Gasteiger partial charge in [0.05, 0.1) is 0 Å². The predicted molar refractivity (Wildman–Crippen MR) is 94.0 cm³/mol. The third kappa shape index (κ3) is 5.33. The minimum atomic E-state index is -0.144. The maximum atomic E-state index is 11.6. The van der Waals surface area contributed by atoms with E-state index in [9.17, 15) is 4.79 Å². The SMILES string of the molecule is CCC(Cc1ccccc1)Oc1ccc(NC(=O)N(C)C)cc1. The quantitative estimate of drug-likeness (QED) is 0.869. The van der Waals surface area contributed by atoms with Crippen molar-refractivity contribution in [3.8, 4) is 5.75 Å². The molecule has 0 radical (unpaired) electrons. The van der Waals surface area contributed by atoms with E-state index in [1.807, 2.05) is 42.5 Å². The first-order valence-electron chi connectivity index (χ1n) is 7.87.